The van der Waals surface area contributed by atoms with E-state index in [1.807, 2.05) is 25.1 Å². The minimum Gasteiger partial charge on any atom is -0.538 e. The van der Waals surface area contributed by atoms with Gasteiger partial charge in [-0.05, 0) is 34.8 Å². The molecule has 11 heteroatoms. The van der Waals surface area contributed by atoms with E-state index in [-0.39, 0.29) is 16.8 Å². The molecule has 0 saturated carbocycles. The smallest absolute Gasteiger partial charge is 0.298 e. The molecule has 0 aliphatic carbocycles. The summed E-state index contributed by atoms with van der Waals surface area (Å²) in [4.78, 5) is 27.5. The van der Waals surface area contributed by atoms with Crippen molar-refractivity contribution >= 4 is 39.9 Å². The molecule has 9 nitrogen and oxygen atoms in total. The highest BCUT2D eigenvalue weighted by atomic mass is 32.2. The third-order valence-corrected chi connectivity index (χ3v) is 7.87. The van der Waals surface area contributed by atoms with Gasteiger partial charge in [0.15, 0.2) is 5.95 Å². The lowest BCUT2D eigenvalue weighted by Crippen LogP contribution is -2.36. The first-order valence-corrected chi connectivity index (χ1v) is 12.0. The maximum absolute atomic E-state index is 13.1. The fraction of sp³-hybridized carbons (Fsp3) is 0.318. The number of rotatable bonds is 6. The predicted molar refractivity (Wildman–Crippen MR) is 120 cm³/mol. The number of amides is 2. The van der Waals surface area contributed by atoms with Crippen molar-refractivity contribution in [2.45, 2.75) is 43.5 Å². The number of thiophene rings is 1. The number of benzene rings is 1. The molecule has 4 rings (SSSR count). The first kappa shape index (κ1) is 22.8. The molecular formula is C22H21N5O4S2. The second-order valence-corrected chi connectivity index (χ2v) is 9.72. The first-order valence-electron chi connectivity index (χ1n) is 10.3. The summed E-state index contributed by atoms with van der Waals surface area (Å²) in [6, 6.07) is 11.2. The van der Waals surface area contributed by atoms with Crippen molar-refractivity contribution < 1.29 is 23.9 Å². The van der Waals surface area contributed by atoms with Gasteiger partial charge in [0.25, 0.3) is 5.03 Å². The molecular weight excluding hydrogens is 462 g/mol. The molecule has 3 aromatic rings. The van der Waals surface area contributed by atoms with Crippen LogP contribution in [0, 0.1) is 11.3 Å². The average molecular weight is 484 g/mol. The zero-order valence-corrected chi connectivity index (χ0v) is 19.7. The van der Waals surface area contributed by atoms with E-state index in [4.69, 9.17) is 4.52 Å². The Morgan fingerprint density at radius 3 is 2.85 bits per heavy atom. The van der Waals surface area contributed by atoms with Gasteiger partial charge in [-0.1, -0.05) is 25.1 Å². The number of hydrogen-bond acceptors (Lipinski definition) is 8. The van der Waals surface area contributed by atoms with Gasteiger partial charge in [0.05, 0.1) is 22.6 Å². The Kier molecular flexibility index (Phi) is 6.67. The monoisotopic (exact) mass is 483 g/mol. The Morgan fingerprint density at radius 2 is 2.18 bits per heavy atom. The fourth-order valence-corrected chi connectivity index (χ4v) is 5.79. The molecule has 3 heterocycles. The van der Waals surface area contributed by atoms with Crippen LogP contribution in [0.25, 0.3) is 5.69 Å². The topological polar surface area (TPSA) is 126 Å². The number of hydrogen-bond donors (Lipinski definition) is 1. The van der Waals surface area contributed by atoms with E-state index in [1.54, 1.807) is 17.0 Å². The van der Waals surface area contributed by atoms with Crippen molar-refractivity contribution in [2.75, 3.05) is 11.9 Å². The summed E-state index contributed by atoms with van der Waals surface area (Å²) >= 11 is 2.39. The van der Waals surface area contributed by atoms with Gasteiger partial charge in [0.1, 0.15) is 11.1 Å². The van der Waals surface area contributed by atoms with Crippen molar-refractivity contribution in [3.63, 3.8) is 0 Å². The SMILES string of the molecule is CCC(Sc1c([O-])on[n+]1-c1ccccc1)C(=O)Nc1sc2c(c1C#N)CCN(C(C)=O)C2. The van der Waals surface area contributed by atoms with Crippen molar-refractivity contribution in [3.8, 4) is 17.7 Å². The van der Waals surface area contributed by atoms with Crippen LogP contribution in [0.1, 0.15) is 36.3 Å². The first-order chi connectivity index (χ1) is 15.9. The quantitative estimate of drug-likeness (QED) is 0.421. The van der Waals surface area contributed by atoms with Gasteiger partial charge in [-0.3, -0.25) is 9.59 Å². The summed E-state index contributed by atoms with van der Waals surface area (Å²) in [6.07, 6.45) is 1.02. The molecule has 0 bridgehead atoms. The molecule has 1 unspecified atom stereocenters. The molecule has 1 aromatic carbocycles. The summed E-state index contributed by atoms with van der Waals surface area (Å²) in [6.45, 7) is 4.35. The number of anilines is 1. The molecule has 1 aliphatic rings. The van der Waals surface area contributed by atoms with Gasteiger partial charge in [0.2, 0.25) is 17.5 Å². The molecule has 0 spiro atoms. The number of carbonyl (C=O) groups excluding carboxylic acids is 2. The molecule has 1 atom stereocenters. The van der Waals surface area contributed by atoms with E-state index in [9.17, 15) is 20.0 Å². The minimum atomic E-state index is -0.622. The van der Waals surface area contributed by atoms with Crippen LogP contribution in [0.4, 0.5) is 5.00 Å². The number of fused-ring (bicyclic) bond motifs is 1. The highest BCUT2D eigenvalue weighted by molar-refractivity contribution is 8.00. The Morgan fingerprint density at radius 1 is 1.42 bits per heavy atom. The lowest BCUT2D eigenvalue weighted by molar-refractivity contribution is -0.705. The molecule has 0 saturated heterocycles. The number of thioether (sulfide) groups is 1. The van der Waals surface area contributed by atoms with Crippen molar-refractivity contribution in [1.82, 2.24) is 10.2 Å². The van der Waals surface area contributed by atoms with Crippen molar-refractivity contribution in [2.24, 2.45) is 0 Å². The highest BCUT2D eigenvalue weighted by Gasteiger charge is 2.31. The van der Waals surface area contributed by atoms with Crippen molar-refractivity contribution in [1.29, 1.82) is 5.26 Å². The van der Waals surface area contributed by atoms with Crippen LogP contribution in [-0.2, 0) is 22.6 Å². The van der Waals surface area contributed by atoms with Gasteiger partial charge in [-0.2, -0.15) is 5.26 Å². The number of nitrogens with zero attached hydrogens (tertiary/aromatic N) is 4. The zero-order chi connectivity index (χ0) is 23.5. The predicted octanol–water partition coefficient (Wildman–Crippen LogP) is 2.37. The Bertz CT molecular complexity index is 1230. The molecule has 2 aromatic heterocycles. The number of para-hydroxylation sites is 1. The van der Waals surface area contributed by atoms with Crippen LogP contribution in [0.5, 0.6) is 5.95 Å². The Hall–Kier alpha value is -3.36. The third-order valence-electron chi connectivity index (χ3n) is 5.34. The summed E-state index contributed by atoms with van der Waals surface area (Å²) in [5, 5.41) is 28.8. The van der Waals surface area contributed by atoms with Crippen LogP contribution < -0.4 is 15.1 Å². The Balaban J connectivity index is 1.55. The maximum atomic E-state index is 13.1. The normalized spacial score (nSPS) is 13.8. The van der Waals surface area contributed by atoms with E-state index in [0.717, 1.165) is 22.2 Å². The lowest BCUT2D eigenvalue weighted by Gasteiger charge is -2.25. The second-order valence-electron chi connectivity index (χ2n) is 7.43. The minimum absolute atomic E-state index is 0.0190. The van der Waals surface area contributed by atoms with Crippen LogP contribution in [-0.4, -0.2) is 33.8 Å². The zero-order valence-electron chi connectivity index (χ0n) is 18.0. The number of nitriles is 1. The molecule has 2 amide bonds. The number of carbonyl (C=O) groups is 2. The largest absolute Gasteiger partial charge is 0.538 e. The van der Waals surface area contributed by atoms with Gasteiger partial charge in [0, 0.05) is 30.5 Å². The van der Waals surface area contributed by atoms with E-state index >= 15 is 0 Å². The fourth-order valence-electron chi connectivity index (χ4n) is 3.60. The molecule has 0 radical (unpaired) electrons. The summed E-state index contributed by atoms with van der Waals surface area (Å²) in [7, 11) is 0. The highest BCUT2D eigenvalue weighted by Crippen LogP contribution is 2.37. The molecule has 33 heavy (non-hydrogen) atoms. The molecule has 0 fully saturated rings. The summed E-state index contributed by atoms with van der Waals surface area (Å²) in [5.74, 6) is -0.959. The maximum Gasteiger partial charge on any atom is 0.298 e. The van der Waals surface area contributed by atoms with Gasteiger partial charge >= 0.3 is 0 Å². The van der Waals surface area contributed by atoms with Gasteiger partial charge in [-0.25, -0.2) is 0 Å². The summed E-state index contributed by atoms with van der Waals surface area (Å²) < 4.78 is 6.22. The van der Waals surface area contributed by atoms with Gasteiger partial charge in [-0.15, -0.1) is 11.3 Å². The van der Waals surface area contributed by atoms with Crippen molar-refractivity contribution in [3.05, 3.63) is 46.3 Å². The molecule has 170 valence electrons. The van der Waals surface area contributed by atoms with Gasteiger partial charge < -0.3 is 19.8 Å². The Labute approximate surface area is 198 Å². The van der Waals surface area contributed by atoms with E-state index in [0.29, 0.717) is 42.2 Å². The third kappa shape index (κ3) is 4.58. The molecule has 1 aliphatic heterocycles. The van der Waals surface area contributed by atoms with Crippen LogP contribution in [0.2, 0.25) is 0 Å². The van der Waals surface area contributed by atoms with Crippen LogP contribution >= 0.6 is 23.1 Å². The second kappa shape index (κ2) is 9.64. The average Bonchev–Trinajstić information content (AvgIpc) is 3.36. The van der Waals surface area contributed by atoms with Crippen LogP contribution in [0.3, 0.4) is 0 Å². The molecule has 1 N–H and O–H groups in total. The van der Waals surface area contributed by atoms with E-state index in [1.165, 1.54) is 22.9 Å². The summed E-state index contributed by atoms with van der Waals surface area (Å²) in [5.41, 5.74) is 1.98. The van der Waals surface area contributed by atoms with Crippen LogP contribution in [0.15, 0.2) is 39.9 Å². The van der Waals surface area contributed by atoms with E-state index in [2.05, 4.69) is 16.7 Å². The lowest BCUT2D eigenvalue weighted by atomic mass is 10.0. The number of nitrogens with one attached hydrogen (secondary N) is 1. The standard InChI is InChI=1S/C22H21N5O4S2/c1-3-17(33-21-22(30)31-25-27(21)14-7-5-4-6-8-14)19(29)24-20-16(11-23)15-9-10-26(13(2)28)12-18(15)32-20/h4-8,17H,3,9-10,12H2,1-2H3,(H-,24,25,29,30). The number of aromatic nitrogens is 2. The van der Waals surface area contributed by atoms with E-state index < -0.39 is 11.2 Å².